The number of hydrogen-bond acceptors (Lipinski definition) is 2. The van der Waals surface area contributed by atoms with Gasteiger partial charge in [-0.05, 0) is 35.4 Å². The van der Waals surface area contributed by atoms with E-state index in [9.17, 15) is 0 Å². The van der Waals surface area contributed by atoms with Crippen LogP contribution in [0.2, 0.25) is 0 Å². The predicted octanol–water partition coefficient (Wildman–Crippen LogP) is 3.40. The van der Waals surface area contributed by atoms with Crippen molar-refractivity contribution in [3.63, 3.8) is 0 Å². The van der Waals surface area contributed by atoms with E-state index in [2.05, 4.69) is 50.4 Å². The van der Waals surface area contributed by atoms with E-state index in [0.29, 0.717) is 0 Å². The lowest BCUT2D eigenvalue weighted by Crippen LogP contribution is -1.90. The molecule has 1 heterocycles. The van der Waals surface area contributed by atoms with Gasteiger partial charge in [0.2, 0.25) is 0 Å². The highest BCUT2D eigenvalue weighted by Gasteiger charge is 2.03. The lowest BCUT2D eigenvalue weighted by molar-refractivity contribution is 0.665. The molecule has 3 rings (SSSR count). The molecule has 84 valence electrons. The number of aromatic nitrogens is 3. The Bertz CT molecular complexity index is 688. The zero-order valence-electron chi connectivity index (χ0n) is 9.26. The molecule has 0 unspecified atom stereocenters. The molecule has 1 aromatic heterocycles. The van der Waals surface area contributed by atoms with Gasteiger partial charge in [-0.3, -0.25) is 0 Å². The second-order valence-electron chi connectivity index (χ2n) is 3.90. The molecule has 0 N–H and O–H groups in total. The largest absolute Gasteiger partial charge is 0.187 e. The highest BCUT2D eigenvalue weighted by Crippen LogP contribution is 2.25. The van der Waals surface area contributed by atoms with Crippen LogP contribution in [0.4, 0.5) is 0 Å². The van der Waals surface area contributed by atoms with Crippen molar-refractivity contribution in [2.45, 2.75) is 0 Å². The van der Waals surface area contributed by atoms with Crippen molar-refractivity contribution in [1.82, 2.24) is 15.0 Å². The van der Waals surface area contributed by atoms with Gasteiger partial charge < -0.3 is 0 Å². The summed E-state index contributed by atoms with van der Waals surface area (Å²) >= 11 is 3.48. The predicted molar refractivity (Wildman–Crippen MR) is 71.6 cm³/mol. The van der Waals surface area contributed by atoms with Crippen molar-refractivity contribution in [2.75, 3.05) is 0 Å². The Kier molecular flexibility index (Phi) is 2.44. The van der Waals surface area contributed by atoms with E-state index in [-0.39, 0.29) is 0 Å². The molecule has 0 aliphatic rings. The van der Waals surface area contributed by atoms with E-state index in [0.717, 1.165) is 21.1 Å². The SMILES string of the molecule is Cn1nc2ccc(-c3cccc(Br)c3)cc2n1. The molecule has 0 bridgehead atoms. The third kappa shape index (κ3) is 1.96. The summed E-state index contributed by atoms with van der Waals surface area (Å²) in [6.45, 7) is 0. The molecular weight excluding hydrogens is 278 g/mol. The summed E-state index contributed by atoms with van der Waals surface area (Å²) in [6.07, 6.45) is 0. The Balaban J connectivity index is 2.17. The summed E-state index contributed by atoms with van der Waals surface area (Å²) < 4.78 is 1.08. The van der Waals surface area contributed by atoms with E-state index in [1.54, 1.807) is 4.80 Å². The third-order valence-electron chi connectivity index (χ3n) is 2.64. The highest BCUT2D eigenvalue weighted by atomic mass is 79.9. The Morgan fingerprint density at radius 2 is 1.71 bits per heavy atom. The van der Waals surface area contributed by atoms with E-state index >= 15 is 0 Å². The average Bonchev–Trinajstić information content (AvgIpc) is 2.68. The number of fused-ring (bicyclic) bond motifs is 1. The van der Waals surface area contributed by atoms with Gasteiger partial charge in [-0.1, -0.05) is 34.1 Å². The molecule has 0 aliphatic heterocycles. The molecule has 0 fully saturated rings. The summed E-state index contributed by atoms with van der Waals surface area (Å²) in [6, 6.07) is 14.4. The van der Waals surface area contributed by atoms with Crippen molar-refractivity contribution < 1.29 is 0 Å². The van der Waals surface area contributed by atoms with Gasteiger partial charge in [0.25, 0.3) is 0 Å². The van der Waals surface area contributed by atoms with Gasteiger partial charge in [-0.2, -0.15) is 15.0 Å². The van der Waals surface area contributed by atoms with Crippen LogP contribution in [0.15, 0.2) is 46.9 Å². The molecule has 17 heavy (non-hydrogen) atoms. The molecule has 3 nitrogen and oxygen atoms in total. The third-order valence-corrected chi connectivity index (χ3v) is 3.13. The van der Waals surface area contributed by atoms with Crippen LogP contribution in [0, 0.1) is 0 Å². The van der Waals surface area contributed by atoms with Crippen molar-refractivity contribution in [3.05, 3.63) is 46.9 Å². The standard InChI is InChI=1S/C13H10BrN3/c1-17-15-12-6-5-10(8-13(12)16-17)9-3-2-4-11(14)7-9/h2-8H,1H3. The molecule has 0 radical (unpaired) electrons. The average molecular weight is 288 g/mol. The van der Waals surface area contributed by atoms with Gasteiger partial charge in [-0.25, -0.2) is 0 Å². The smallest absolute Gasteiger partial charge is 0.113 e. The second-order valence-corrected chi connectivity index (χ2v) is 4.82. The number of benzene rings is 2. The van der Waals surface area contributed by atoms with Gasteiger partial charge in [-0.15, -0.1) is 0 Å². The Labute approximate surface area is 107 Å². The van der Waals surface area contributed by atoms with Crippen LogP contribution < -0.4 is 0 Å². The maximum atomic E-state index is 4.32. The first kappa shape index (κ1) is 10.5. The van der Waals surface area contributed by atoms with Crippen LogP contribution in [-0.4, -0.2) is 15.0 Å². The Hall–Kier alpha value is -1.68. The molecule has 0 saturated carbocycles. The van der Waals surface area contributed by atoms with Gasteiger partial charge >= 0.3 is 0 Å². The fourth-order valence-electron chi connectivity index (χ4n) is 1.87. The van der Waals surface area contributed by atoms with Crippen molar-refractivity contribution >= 4 is 27.0 Å². The lowest BCUT2D eigenvalue weighted by atomic mass is 10.1. The number of hydrogen-bond donors (Lipinski definition) is 0. The minimum atomic E-state index is 0.921. The molecule has 3 aromatic rings. The van der Waals surface area contributed by atoms with Crippen LogP contribution in [0.5, 0.6) is 0 Å². The number of nitrogens with zero attached hydrogens (tertiary/aromatic N) is 3. The molecule has 0 spiro atoms. The number of rotatable bonds is 1. The summed E-state index contributed by atoms with van der Waals surface area (Å²) in [5.41, 5.74) is 4.17. The molecule has 0 atom stereocenters. The molecule has 0 aliphatic carbocycles. The van der Waals surface area contributed by atoms with Crippen LogP contribution in [-0.2, 0) is 7.05 Å². The fraction of sp³-hybridized carbons (Fsp3) is 0.0769. The van der Waals surface area contributed by atoms with E-state index < -0.39 is 0 Å². The fourth-order valence-corrected chi connectivity index (χ4v) is 2.27. The van der Waals surface area contributed by atoms with Crippen molar-refractivity contribution in [3.8, 4) is 11.1 Å². The van der Waals surface area contributed by atoms with Crippen LogP contribution in [0.1, 0.15) is 0 Å². The van der Waals surface area contributed by atoms with Crippen LogP contribution in [0.3, 0.4) is 0 Å². The van der Waals surface area contributed by atoms with Gasteiger partial charge in [0, 0.05) is 11.5 Å². The van der Waals surface area contributed by atoms with Crippen molar-refractivity contribution in [1.29, 1.82) is 0 Å². The first-order valence-corrected chi connectivity index (χ1v) is 6.09. The summed E-state index contributed by atoms with van der Waals surface area (Å²) in [7, 11) is 1.83. The Morgan fingerprint density at radius 3 is 2.53 bits per heavy atom. The summed E-state index contributed by atoms with van der Waals surface area (Å²) in [5, 5.41) is 8.58. The molecule has 0 amide bonds. The zero-order chi connectivity index (χ0) is 11.8. The van der Waals surface area contributed by atoms with Gasteiger partial charge in [0.1, 0.15) is 11.0 Å². The summed E-state index contributed by atoms with van der Waals surface area (Å²) in [5.74, 6) is 0. The minimum Gasteiger partial charge on any atom is -0.187 e. The van der Waals surface area contributed by atoms with Gasteiger partial charge in [0.05, 0.1) is 0 Å². The van der Waals surface area contributed by atoms with Crippen LogP contribution in [0.25, 0.3) is 22.2 Å². The number of aryl methyl sites for hydroxylation is 1. The van der Waals surface area contributed by atoms with Gasteiger partial charge in [0.15, 0.2) is 0 Å². The van der Waals surface area contributed by atoms with E-state index in [1.165, 1.54) is 5.56 Å². The molecular formula is C13H10BrN3. The first-order chi connectivity index (χ1) is 8.22. The minimum absolute atomic E-state index is 0.921. The summed E-state index contributed by atoms with van der Waals surface area (Å²) in [4.78, 5) is 1.59. The maximum Gasteiger partial charge on any atom is 0.113 e. The second kappa shape index (κ2) is 3.96. The maximum absolute atomic E-state index is 4.32. The molecule has 0 saturated heterocycles. The lowest BCUT2D eigenvalue weighted by Gasteiger charge is -2.01. The van der Waals surface area contributed by atoms with E-state index in [4.69, 9.17) is 0 Å². The molecule has 4 heteroatoms. The normalized spacial score (nSPS) is 10.9. The Morgan fingerprint density at radius 1 is 0.941 bits per heavy atom. The molecule has 2 aromatic carbocycles. The topological polar surface area (TPSA) is 30.7 Å². The quantitative estimate of drug-likeness (QED) is 0.687. The number of halogens is 1. The first-order valence-electron chi connectivity index (χ1n) is 5.29. The van der Waals surface area contributed by atoms with Crippen LogP contribution >= 0.6 is 15.9 Å². The zero-order valence-corrected chi connectivity index (χ0v) is 10.8. The van der Waals surface area contributed by atoms with Crippen molar-refractivity contribution in [2.24, 2.45) is 7.05 Å². The highest BCUT2D eigenvalue weighted by molar-refractivity contribution is 9.10. The van der Waals surface area contributed by atoms with E-state index in [1.807, 2.05) is 25.2 Å². The monoisotopic (exact) mass is 287 g/mol.